The van der Waals surface area contributed by atoms with Gasteiger partial charge in [-0.1, -0.05) is 54.0 Å². The Bertz CT molecular complexity index is 2640. The van der Waals surface area contributed by atoms with Gasteiger partial charge in [0.1, 0.15) is 30.2 Å². The van der Waals surface area contributed by atoms with Crippen LogP contribution in [0.15, 0.2) is 36.7 Å². The van der Waals surface area contributed by atoms with Crippen molar-refractivity contribution in [1.82, 2.24) is 56.6 Å². The van der Waals surface area contributed by atoms with Gasteiger partial charge in [0.25, 0.3) is 0 Å². The highest BCUT2D eigenvalue weighted by molar-refractivity contribution is 8.00. The van der Waals surface area contributed by atoms with E-state index in [1.54, 1.807) is 34.8 Å². The van der Waals surface area contributed by atoms with Crippen molar-refractivity contribution >= 4 is 35.5 Å². The van der Waals surface area contributed by atoms with Crippen LogP contribution in [-0.2, 0) is 112 Å². The molecule has 3 aromatic rings. The standard InChI is InChI=1S/C66H111N11O23S/c1-86-20-21-98-48-52-45-76(74-72-52)15-6-2-3-7-17-99-61-43-55(79)63(70-60(83)47-78)65(100-61)64(84)56(80)44-68-59(82)42-50-10-12-51(13-11-50)53-46-77(75-73-53)16-19-88-23-25-90-27-29-92-31-33-94-35-37-96-39-41-97-40-38-95-36-34-93-32-30-91-28-26-89-24-22-87-18-14-67-58(81)9-5-4-8-57-62-54(49-101-57)69-66(85)71-62/h10-13,45-46,54-57,61-65,78-80,84H,2-9,14-44,47-49H2,1H3,(H,67,81)(H,68,82)(H,70,83)(H2,69,71,85)/t54-,55-,56+,57-,61+,62-,63+,64+,65+/m0/s1. The first-order valence-corrected chi connectivity index (χ1v) is 36.3. The van der Waals surface area contributed by atoms with Crippen LogP contribution in [0.4, 0.5) is 4.79 Å². The summed E-state index contributed by atoms with van der Waals surface area (Å²) in [6.07, 6.45) is 3.39. The molecular formula is C66H111N11O23S. The highest BCUT2D eigenvalue weighted by atomic mass is 32.2. The van der Waals surface area contributed by atoms with Gasteiger partial charge in [-0.25, -0.2) is 9.48 Å². The van der Waals surface area contributed by atoms with E-state index in [0.29, 0.717) is 221 Å². The molecule has 0 spiro atoms. The van der Waals surface area contributed by atoms with Gasteiger partial charge < -0.3 is 118 Å². The fourth-order valence-corrected chi connectivity index (χ4v) is 12.2. The number of amides is 5. The Morgan fingerprint density at radius 3 is 1.79 bits per heavy atom. The molecule has 101 heavy (non-hydrogen) atoms. The van der Waals surface area contributed by atoms with Gasteiger partial charge in [0.2, 0.25) is 17.7 Å². The lowest BCUT2D eigenvalue weighted by Crippen LogP contribution is -2.63. The summed E-state index contributed by atoms with van der Waals surface area (Å²) in [5.41, 5.74) is 2.85. The average Bonchev–Trinajstić information content (AvgIpc) is 1.71. The molecule has 0 aliphatic carbocycles. The molecule has 0 unspecified atom stereocenters. The zero-order chi connectivity index (χ0) is 71.6. The van der Waals surface area contributed by atoms with E-state index in [1.807, 2.05) is 30.1 Å². The first-order chi connectivity index (χ1) is 49.5. The van der Waals surface area contributed by atoms with E-state index in [1.165, 1.54) is 0 Å². The minimum atomic E-state index is -1.67. The molecule has 2 aromatic heterocycles. The van der Waals surface area contributed by atoms with Gasteiger partial charge >= 0.3 is 6.03 Å². The molecule has 1 aromatic carbocycles. The molecule has 9 atom stereocenters. The number of benzene rings is 1. The van der Waals surface area contributed by atoms with Crippen molar-refractivity contribution in [3.8, 4) is 11.3 Å². The summed E-state index contributed by atoms with van der Waals surface area (Å²) < 4.78 is 87.0. The molecular weight excluding hydrogens is 1350 g/mol. The number of fused-ring (bicyclic) bond motifs is 1. The number of urea groups is 1. The number of hydrogen-bond donors (Lipinski definition) is 9. The number of ether oxygens (including phenoxy) is 15. The molecule has 5 heterocycles. The summed E-state index contributed by atoms with van der Waals surface area (Å²) in [5.74, 6) is -0.256. The van der Waals surface area contributed by atoms with E-state index in [2.05, 4.69) is 47.2 Å². The number of aliphatic hydroxyl groups is 4. The first-order valence-electron chi connectivity index (χ1n) is 35.2. The number of hydrogen-bond acceptors (Lipinski definition) is 28. The molecule has 9 N–H and O–H groups in total. The Morgan fingerprint density at radius 1 is 0.624 bits per heavy atom. The number of unbranched alkanes of at least 4 members (excludes halogenated alkanes) is 4. The maximum Gasteiger partial charge on any atom is 0.315 e. The first kappa shape index (κ1) is 84.7. The number of carbonyl (C=O) groups excluding carboxylic acids is 4. The molecule has 3 fully saturated rings. The van der Waals surface area contributed by atoms with Crippen molar-refractivity contribution in [2.45, 2.75) is 138 Å². The molecule has 3 aliphatic rings. The predicted molar refractivity (Wildman–Crippen MR) is 364 cm³/mol. The molecule has 0 saturated carbocycles. The SMILES string of the molecule is COCCOCc1cn(CCCCCCO[C@H]2C[C@H](O)[C@@H](NC(=O)CO)[C@H]([C@H](O)[C@H](O)CNC(=O)Cc3ccc(-c4cn(CCOCCOCCOCCOCCOCCOCCOCCOCCOCCOCCOCCNC(=O)CCCC[C@@H]5SC[C@@H]6NC(=O)N[C@@H]65)nn4)cc3)O2)nn1. The zero-order valence-corrected chi connectivity index (χ0v) is 59.3. The Morgan fingerprint density at radius 2 is 1.19 bits per heavy atom. The predicted octanol–water partition coefficient (Wildman–Crippen LogP) is -0.665. The highest BCUT2D eigenvalue weighted by Crippen LogP contribution is 2.33. The molecule has 3 saturated heterocycles. The highest BCUT2D eigenvalue weighted by Gasteiger charge is 2.45. The van der Waals surface area contributed by atoms with E-state index in [9.17, 15) is 39.6 Å². The van der Waals surface area contributed by atoms with E-state index >= 15 is 0 Å². The smallest absolute Gasteiger partial charge is 0.315 e. The van der Waals surface area contributed by atoms with Crippen molar-refractivity contribution in [2.75, 3.05) is 198 Å². The minimum absolute atomic E-state index is 0.0260. The second kappa shape index (κ2) is 53.5. The normalized spacial score (nSPS) is 19.5. The van der Waals surface area contributed by atoms with Crippen LogP contribution in [0, 0.1) is 0 Å². The Labute approximate surface area is 595 Å². The van der Waals surface area contributed by atoms with Crippen LogP contribution in [0.25, 0.3) is 11.3 Å². The van der Waals surface area contributed by atoms with Gasteiger partial charge in [-0.05, 0) is 31.2 Å². The molecule has 34 nitrogen and oxygen atoms in total. The summed E-state index contributed by atoms with van der Waals surface area (Å²) in [6, 6.07) is 6.38. The molecule has 6 rings (SSSR count). The number of rotatable bonds is 63. The van der Waals surface area contributed by atoms with Crippen LogP contribution < -0.4 is 26.6 Å². The fraction of sp³-hybridized carbons (Fsp3) is 0.788. The van der Waals surface area contributed by atoms with Gasteiger partial charge in [0.15, 0.2) is 6.29 Å². The second-order valence-electron chi connectivity index (χ2n) is 23.9. The largest absolute Gasteiger partial charge is 0.391 e. The van der Waals surface area contributed by atoms with Gasteiger partial charge in [-0.3, -0.25) is 19.1 Å². The summed E-state index contributed by atoms with van der Waals surface area (Å²) in [6.45, 7) is 11.7. The van der Waals surface area contributed by atoms with Gasteiger partial charge in [0, 0.05) is 62.8 Å². The second-order valence-corrected chi connectivity index (χ2v) is 25.2. The average molecular weight is 1460 g/mol. The van der Waals surface area contributed by atoms with Crippen LogP contribution in [0.1, 0.15) is 69.0 Å². The molecule has 35 heteroatoms. The van der Waals surface area contributed by atoms with Crippen molar-refractivity contribution in [1.29, 1.82) is 0 Å². The number of methoxy groups -OCH3 is 1. The lowest BCUT2D eigenvalue weighted by Gasteiger charge is -2.42. The number of carbonyl (C=O) groups is 4. The Balaban J connectivity index is 0.648. The van der Waals surface area contributed by atoms with Crippen LogP contribution >= 0.6 is 11.8 Å². The maximum atomic E-state index is 13.0. The van der Waals surface area contributed by atoms with Crippen molar-refractivity contribution in [3.63, 3.8) is 0 Å². The number of aryl methyl sites for hydroxylation is 1. The van der Waals surface area contributed by atoms with Crippen molar-refractivity contribution < 1.29 is 111 Å². The zero-order valence-electron chi connectivity index (χ0n) is 58.5. The van der Waals surface area contributed by atoms with E-state index < -0.39 is 55.2 Å². The van der Waals surface area contributed by atoms with E-state index in [4.69, 9.17) is 71.1 Å². The van der Waals surface area contributed by atoms with Crippen molar-refractivity contribution in [3.05, 3.63) is 47.9 Å². The van der Waals surface area contributed by atoms with Gasteiger partial charge in [-0.15, -0.1) is 10.2 Å². The van der Waals surface area contributed by atoms with Crippen LogP contribution in [0.3, 0.4) is 0 Å². The molecule has 574 valence electrons. The van der Waals surface area contributed by atoms with Crippen LogP contribution in [0.2, 0.25) is 0 Å². The number of aliphatic hydroxyl groups excluding tert-OH is 4. The number of thioether (sulfide) groups is 1. The Kier molecular flexibility index (Phi) is 44.9. The quantitative estimate of drug-likeness (QED) is 0.0250. The minimum Gasteiger partial charge on any atom is -0.391 e. The number of nitrogens with zero attached hydrogens (tertiary/aromatic N) is 6. The lowest BCUT2D eigenvalue weighted by molar-refractivity contribution is -0.252. The summed E-state index contributed by atoms with van der Waals surface area (Å²) in [7, 11) is 1.61. The lowest BCUT2D eigenvalue weighted by atomic mass is 9.92. The van der Waals surface area contributed by atoms with E-state index in [0.717, 1.165) is 55.5 Å². The summed E-state index contributed by atoms with van der Waals surface area (Å²) in [4.78, 5) is 48.8. The van der Waals surface area contributed by atoms with Crippen LogP contribution in [-0.4, -0.2) is 326 Å². The van der Waals surface area contributed by atoms with Crippen molar-refractivity contribution in [2.24, 2.45) is 0 Å². The summed E-state index contributed by atoms with van der Waals surface area (Å²) >= 11 is 1.89. The third-order valence-electron chi connectivity index (χ3n) is 16.1. The number of nitrogens with one attached hydrogen (secondary N) is 5. The third-order valence-corrected chi connectivity index (χ3v) is 17.6. The van der Waals surface area contributed by atoms with E-state index in [-0.39, 0.29) is 43.4 Å². The molecule has 3 aliphatic heterocycles. The molecule has 0 radical (unpaired) electrons. The van der Waals surface area contributed by atoms with Gasteiger partial charge in [-0.2, -0.15) is 11.8 Å². The Hall–Kier alpha value is -5.23. The third kappa shape index (κ3) is 36.9. The summed E-state index contributed by atoms with van der Waals surface area (Å²) in [5, 5.41) is 73.8. The number of aromatic nitrogens is 6. The topological polar surface area (TPSA) is 409 Å². The van der Waals surface area contributed by atoms with Gasteiger partial charge in [0.05, 0.1) is 221 Å². The molecule has 0 bridgehead atoms. The maximum absolute atomic E-state index is 13.0. The van der Waals surface area contributed by atoms with Crippen LogP contribution in [0.5, 0.6) is 0 Å². The fourth-order valence-electron chi connectivity index (χ4n) is 10.7. The molecule has 5 amide bonds. The monoisotopic (exact) mass is 1460 g/mol.